The summed E-state index contributed by atoms with van der Waals surface area (Å²) in [7, 11) is -2.64. The number of hydrogen-bond donors (Lipinski definition) is 2. The molecule has 2 rings (SSSR count). The maximum absolute atomic E-state index is 12.6. The summed E-state index contributed by atoms with van der Waals surface area (Å²) >= 11 is 0. The Balaban J connectivity index is 2.07. The largest absolute Gasteiger partial charge is 0.438 e. The van der Waals surface area contributed by atoms with Crippen molar-refractivity contribution in [2.45, 2.75) is 17.8 Å². The fraction of sp³-hybridized carbons (Fsp3) is 0.214. The van der Waals surface area contributed by atoms with Crippen molar-refractivity contribution in [2.24, 2.45) is 0 Å². The predicted octanol–water partition coefficient (Wildman–Crippen LogP) is 2.14. The zero-order chi connectivity index (χ0) is 18.0. The molecule has 0 spiro atoms. The summed E-state index contributed by atoms with van der Waals surface area (Å²) in [6.07, 6.45) is -4.47. The van der Waals surface area contributed by atoms with Gasteiger partial charge in [-0.25, -0.2) is 13.1 Å². The molecule has 6 nitrogen and oxygen atoms in total. The van der Waals surface area contributed by atoms with Gasteiger partial charge in [-0.15, -0.1) is 0 Å². The number of sulfonamides is 1. The van der Waals surface area contributed by atoms with E-state index in [4.69, 9.17) is 4.42 Å². The molecule has 24 heavy (non-hydrogen) atoms. The van der Waals surface area contributed by atoms with Crippen molar-refractivity contribution in [1.29, 1.82) is 0 Å². The van der Waals surface area contributed by atoms with E-state index in [2.05, 4.69) is 5.32 Å². The second-order valence-electron chi connectivity index (χ2n) is 4.71. The van der Waals surface area contributed by atoms with Crippen LogP contribution in [0.25, 0.3) is 0 Å². The molecule has 0 radical (unpaired) electrons. The number of benzene rings is 1. The summed E-state index contributed by atoms with van der Waals surface area (Å²) in [6.45, 7) is -0.169. The Labute approximate surface area is 135 Å². The van der Waals surface area contributed by atoms with E-state index in [-0.39, 0.29) is 17.9 Å². The standard InChI is InChI=1S/C14H13F3N2O4S/c1-18-24(21,22)12-6-5-11(23-12)13(20)19-8-9-3-2-4-10(7-9)14(15,16)17/h2-7,18H,8H2,1H3,(H,19,20). The van der Waals surface area contributed by atoms with E-state index in [0.29, 0.717) is 0 Å². The fourth-order valence-electron chi connectivity index (χ4n) is 1.81. The Kier molecular flexibility index (Phi) is 4.99. The van der Waals surface area contributed by atoms with Crippen LogP contribution in [0.15, 0.2) is 45.9 Å². The Hall–Kier alpha value is -2.33. The van der Waals surface area contributed by atoms with Crippen LogP contribution in [-0.2, 0) is 22.7 Å². The van der Waals surface area contributed by atoms with E-state index in [9.17, 15) is 26.4 Å². The molecule has 1 amide bonds. The lowest BCUT2D eigenvalue weighted by Gasteiger charge is -2.09. The van der Waals surface area contributed by atoms with Gasteiger partial charge in [0.15, 0.2) is 5.76 Å². The SMILES string of the molecule is CNS(=O)(=O)c1ccc(C(=O)NCc2cccc(C(F)(F)F)c2)o1. The molecule has 0 atom stereocenters. The molecule has 2 aromatic rings. The van der Waals surface area contributed by atoms with E-state index < -0.39 is 32.8 Å². The molecule has 0 aliphatic heterocycles. The molecule has 1 aromatic heterocycles. The lowest BCUT2D eigenvalue weighted by atomic mass is 10.1. The molecule has 0 saturated heterocycles. The molecule has 0 bridgehead atoms. The van der Waals surface area contributed by atoms with Gasteiger partial charge in [-0.2, -0.15) is 13.2 Å². The Bertz CT molecular complexity index is 844. The number of rotatable bonds is 5. The van der Waals surface area contributed by atoms with Gasteiger partial charge in [0.05, 0.1) is 5.56 Å². The third-order valence-corrected chi connectivity index (χ3v) is 4.33. The van der Waals surface area contributed by atoms with Gasteiger partial charge < -0.3 is 9.73 Å². The molecular weight excluding hydrogens is 349 g/mol. The second kappa shape index (κ2) is 6.65. The molecule has 2 N–H and O–H groups in total. The summed E-state index contributed by atoms with van der Waals surface area (Å²) < 4.78 is 67.8. The van der Waals surface area contributed by atoms with Gasteiger partial charge in [-0.3, -0.25) is 4.79 Å². The van der Waals surface area contributed by atoms with Crippen molar-refractivity contribution >= 4 is 15.9 Å². The normalized spacial score (nSPS) is 12.2. The molecule has 0 aliphatic rings. The zero-order valence-corrected chi connectivity index (χ0v) is 13.2. The van der Waals surface area contributed by atoms with Crippen LogP contribution in [0.1, 0.15) is 21.7 Å². The van der Waals surface area contributed by atoms with Gasteiger partial charge in [0.25, 0.3) is 15.9 Å². The average Bonchev–Trinajstić information content (AvgIpc) is 3.03. The number of carbonyl (C=O) groups is 1. The van der Waals surface area contributed by atoms with Gasteiger partial charge in [-0.05, 0) is 36.9 Å². The molecule has 0 unspecified atom stereocenters. The van der Waals surface area contributed by atoms with Crippen LogP contribution < -0.4 is 10.0 Å². The number of alkyl halides is 3. The Morgan fingerprint density at radius 2 is 1.92 bits per heavy atom. The maximum atomic E-state index is 12.6. The summed E-state index contributed by atoms with van der Waals surface area (Å²) in [5.74, 6) is -1.01. The minimum Gasteiger partial charge on any atom is -0.438 e. The lowest BCUT2D eigenvalue weighted by molar-refractivity contribution is -0.137. The van der Waals surface area contributed by atoms with Crippen LogP contribution in [0.3, 0.4) is 0 Å². The van der Waals surface area contributed by atoms with Crippen molar-refractivity contribution in [3.8, 4) is 0 Å². The zero-order valence-electron chi connectivity index (χ0n) is 12.3. The molecule has 0 saturated carbocycles. The molecule has 1 aromatic carbocycles. The summed E-state index contributed by atoms with van der Waals surface area (Å²) in [5, 5.41) is 1.93. The number of amides is 1. The highest BCUT2D eigenvalue weighted by molar-refractivity contribution is 7.89. The third-order valence-electron chi connectivity index (χ3n) is 3.05. The third kappa shape index (κ3) is 4.15. The van der Waals surface area contributed by atoms with Crippen LogP contribution in [0.2, 0.25) is 0 Å². The van der Waals surface area contributed by atoms with Crippen LogP contribution in [0, 0.1) is 0 Å². The van der Waals surface area contributed by atoms with Crippen molar-refractivity contribution in [1.82, 2.24) is 10.0 Å². The van der Waals surface area contributed by atoms with E-state index in [1.54, 1.807) is 0 Å². The quantitative estimate of drug-likeness (QED) is 0.853. The topological polar surface area (TPSA) is 88.4 Å². The van der Waals surface area contributed by atoms with E-state index in [1.807, 2.05) is 4.72 Å². The highest BCUT2D eigenvalue weighted by atomic mass is 32.2. The highest BCUT2D eigenvalue weighted by Gasteiger charge is 2.30. The number of nitrogens with one attached hydrogen (secondary N) is 2. The van der Waals surface area contributed by atoms with E-state index in [0.717, 1.165) is 24.3 Å². The molecular formula is C14H13F3N2O4S. The van der Waals surface area contributed by atoms with E-state index >= 15 is 0 Å². The summed E-state index contributed by atoms with van der Waals surface area (Å²) in [5.41, 5.74) is -0.581. The Morgan fingerprint density at radius 1 is 1.21 bits per heavy atom. The van der Waals surface area contributed by atoms with Gasteiger partial charge >= 0.3 is 6.18 Å². The number of halogens is 3. The first-order valence-corrected chi connectivity index (χ1v) is 8.09. The monoisotopic (exact) mass is 362 g/mol. The van der Waals surface area contributed by atoms with Crippen LogP contribution in [-0.4, -0.2) is 21.4 Å². The molecule has 130 valence electrons. The lowest BCUT2D eigenvalue weighted by Crippen LogP contribution is -2.22. The first-order chi connectivity index (χ1) is 11.1. The highest BCUT2D eigenvalue weighted by Crippen LogP contribution is 2.29. The molecule has 0 aliphatic carbocycles. The van der Waals surface area contributed by atoms with Crippen LogP contribution in [0.4, 0.5) is 13.2 Å². The number of hydrogen-bond acceptors (Lipinski definition) is 4. The second-order valence-corrected chi connectivity index (χ2v) is 6.52. The Morgan fingerprint density at radius 3 is 2.54 bits per heavy atom. The van der Waals surface area contributed by atoms with Crippen molar-refractivity contribution in [3.63, 3.8) is 0 Å². The minimum absolute atomic E-state index is 0.169. The van der Waals surface area contributed by atoms with Gasteiger partial charge in [0.2, 0.25) is 5.09 Å². The predicted molar refractivity (Wildman–Crippen MR) is 77.6 cm³/mol. The minimum atomic E-state index is -4.47. The van der Waals surface area contributed by atoms with Gasteiger partial charge in [0.1, 0.15) is 0 Å². The fourth-order valence-corrected chi connectivity index (χ4v) is 2.46. The molecule has 0 fully saturated rings. The van der Waals surface area contributed by atoms with Crippen molar-refractivity contribution in [3.05, 3.63) is 53.3 Å². The maximum Gasteiger partial charge on any atom is 0.416 e. The summed E-state index contributed by atoms with van der Waals surface area (Å²) in [4.78, 5) is 11.9. The van der Waals surface area contributed by atoms with Gasteiger partial charge in [-0.1, -0.05) is 12.1 Å². The molecule has 10 heteroatoms. The first-order valence-electron chi connectivity index (χ1n) is 6.61. The smallest absolute Gasteiger partial charge is 0.416 e. The number of carbonyl (C=O) groups excluding carboxylic acids is 1. The summed E-state index contributed by atoms with van der Waals surface area (Å²) in [6, 6.07) is 6.76. The van der Waals surface area contributed by atoms with Crippen molar-refractivity contribution < 1.29 is 30.8 Å². The van der Waals surface area contributed by atoms with E-state index in [1.165, 1.54) is 19.2 Å². The number of furan rings is 1. The van der Waals surface area contributed by atoms with Crippen LogP contribution in [0.5, 0.6) is 0 Å². The molecule has 1 heterocycles. The first kappa shape index (κ1) is 18.0. The van der Waals surface area contributed by atoms with Crippen molar-refractivity contribution in [2.75, 3.05) is 7.05 Å². The van der Waals surface area contributed by atoms with Crippen LogP contribution >= 0.6 is 0 Å². The van der Waals surface area contributed by atoms with Gasteiger partial charge in [0, 0.05) is 6.54 Å². The average molecular weight is 362 g/mol.